The number of hydrogen-bond donors (Lipinski definition) is 1. The Morgan fingerprint density at radius 1 is 1.70 bits per heavy atom. The van der Waals surface area contributed by atoms with Crippen molar-refractivity contribution in [2.75, 3.05) is 19.8 Å². The van der Waals surface area contributed by atoms with Crippen molar-refractivity contribution in [3.63, 3.8) is 0 Å². The van der Waals surface area contributed by atoms with Crippen LogP contribution in [0.15, 0.2) is 0 Å². The zero-order valence-corrected chi connectivity index (χ0v) is 6.71. The second-order valence-corrected chi connectivity index (χ2v) is 2.90. The summed E-state index contributed by atoms with van der Waals surface area (Å²) in [5.74, 6) is 0. The first-order valence-corrected chi connectivity index (χ1v) is 3.81. The number of rotatable bonds is 1. The molecule has 1 saturated heterocycles. The first kappa shape index (κ1) is 7.98. The molecule has 1 heterocycles. The van der Waals surface area contributed by atoms with Gasteiger partial charge in [-0.25, -0.2) is 0 Å². The molecule has 0 radical (unpaired) electrons. The molecule has 10 heavy (non-hydrogen) atoms. The average molecular weight is 144 g/mol. The zero-order valence-electron chi connectivity index (χ0n) is 6.71. The largest absolute Gasteiger partial charge is 0.379 e. The standard InChI is InChI=1S/C7H16N2O/c1-6-5-10-4-3-9(6)7(2)8/h6-7H,3-5,8H2,1-2H3/t6-,7-/m0/s1. The molecule has 2 atom stereocenters. The summed E-state index contributed by atoms with van der Waals surface area (Å²) < 4.78 is 5.26. The Bertz CT molecular complexity index is 106. The third-order valence-corrected chi connectivity index (χ3v) is 1.94. The van der Waals surface area contributed by atoms with E-state index < -0.39 is 0 Å². The Morgan fingerprint density at radius 3 is 2.80 bits per heavy atom. The second kappa shape index (κ2) is 3.32. The molecule has 0 aliphatic carbocycles. The summed E-state index contributed by atoms with van der Waals surface area (Å²) in [7, 11) is 0. The highest BCUT2D eigenvalue weighted by Crippen LogP contribution is 2.06. The topological polar surface area (TPSA) is 38.5 Å². The molecule has 1 aliphatic heterocycles. The Hall–Kier alpha value is -0.120. The Morgan fingerprint density at radius 2 is 2.40 bits per heavy atom. The molecular formula is C7H16N2O. The molecule has 1 rings (SSSR count). The van der Waals surface area contributed by atoms with Crippen molar-refractivity contribution in [2.24, 2.45) is 5.73 Å². The van der Waals surface area contributed by atoms with E-state index in [1.165, 1.54) is 0 Å². The maximum atomic E-state index is 5.73. The lowest BCUT2D eigenvalue weighted by molar-refractivity contribution is -0.0172. The van der Waals surface area contributed by atoms with Crippen molar-refractivity contribution >= 4 is 0 Å². The van der Waals surface area contributed by atoms with Gasteiger partial charge in [-0.2, -0.15) is 0 Å². The normalized spacial score (nSPS) is 32.1. The smallest absolute Gasteiger partial charge is 0.0620 e. The van der Waals surface area contributed by atoms with Crippen LogP contribution in [0.25, 0.3) is 0 Å². The molecule has 0 amide bonds. The first-order chi connectivity index (χ1) is 4.72. The van der Waals surface area contributed by atoms with Crippen molar-refractivity contribution < 1.29 is 4.74 Å². The summed E-state index contributed by atoms with van der Waals surface area (Å²) in [5, 5.41) is 0. The number of nitrogens with two attached hydrogens (primary N) is 1. The molecule has 0 aromatic rings. The molecule has 0 bridgehead atoms. The molecule has 3 nitrogen and oxygen atoms in total. The fourth-order valence-electron chi connectivity index (χ4n) is 1.35. The maximum absolute atomic E-state index is 5.73. The molecule has 0 aromatic heterocycles. The van der Waals surface area contributed by atoms with E-state index in [1.54, 1.807) is 0 Å². The molecule has 0 aromatic carbocycles. The van der Waals surface area contributed by atoms with Gasteiger partial charge in [0.25, 0.3) is 0 Å². The number of ether oxygens (including phenoxy) is 1. The molecule has 2 N–H and O–H groups in total. The Kier molecular flexibility index (Phi) is 2.65. The van der Waals surface area contributed by atoms with Gasteiger partial charge in [-0.05, 0) is 13.8 Å². The SMILES string of the molecule is C[C@@H](N)N1CCOC[C@@H]1C. The lowest BCUT2D eigenvalue weighted by Gasteiger charge is -2.35. The van der Waals surface area contributed by atoms with Crippen LogP contribution in [0.5, 0.6) is 0 Å². The van der Waals surface area contributed by atoms with E-state index in [4.69, 9.17) is 10.5 Å². The van der Waals surface area contributed by atoms with Crippen molar-refractivity contribution in [2.45, 2.75) is 26.1 Å². The maximum Gasteiger partial charge on any atom is 0.0620 e. The minimum atomic E-state index is 0.166. The van der Waals surface area contributed by atoms with Gasteiger partial charge in [-0.1, -0.05) is 0 Å². The quantitative estimate of drug-likeness (QED) is 0.563. The minimum Gasteiger partial charge on any atom is -0.379 e. The summed E-state index contributed by atoms with van der Waals surface area (Å²) in [6.07, 6.45) is 0.166. The molecule has 0 unspecified atom stereocenters. The predicted octanol–water partition coefficient (Wildman–Crippen LogP) is 0.0118. The van der Waals surface area contributed by atoms with Crippen LogP contribution in [0.1, 0.15) is 13.8 Å². The van der Waals surface area contributed by atoms with E-state index in [0.29, 0.717) is 6.04 Å². The van der Waals surface area contributed by atoms with E-state index in [9.17, 15) is 0 Å². The van der Waals surface area contributed by atoms with Crippen molar-refractivity contribution in [1.82, 2.24) is 4.90 Å². The van der Waals surface area contributed by atoms with Crippen LogP contribution in [-0.2, 0) is 4.74 Å². The zero-order chi connectivity index (χ0) is 7.56. The van der Waals surface area contributed by atoms with Gasteiger partial charge >= 0.3 is 0 Å². The number of hydrogen-bond acceptors (Lipinski definition) is 3. The third-order valence-electron chi connectivity index (χ3n) is 1.94. The molecule has 1 fully saturated rings. The lowest BCUT2D eigenvalue weighted by Crippen LogP contribution is -2.51. The third kappa shape index (κ3) is 1.68. The van der Waals surface area contributed by atoms with Crippen LogP contribution in [0, 0.1) is 0 Å². The van der Waals surface area contributed by atoms with Gasteiger partial charge in [0.1, 0.15) is 0 Å². The summed E-state index contributed by atoms with van der Waals surface area (Å²) in [4.78, 5) is 2.25. The van der Waals surface area contributed by atoms with Crippen LogP contribution < -0.4 is 5.73 Å². The molecular weight excluding hydrogens is 128 g/mol. The van der Waals surface area contributed by atoms with E-state index in [0.717, 1.165) is 19.8 Å². The molecule has 0 saturated carbocycles. The summed E-state index contributed by atoms with van der Waals surface area (Å²) in [6.45, 7) is 6.77. The summed E-state index contributed by atoms with van der Waals surface area (Å²) in [6, 6.07) is 0.480. The van der Waals surface area contributed by atoms with E-state index in [2.05, 4.69) is 11.8 Å². The Labute approximate surface area is 62.1 Å². The molecule has 60 valence electrons. The molecule has 1 aliphatic rings. The van der Waals surface area contributed by atoms with Crippen LogP contribution in [-0.4, -0.2) is 36.9 Å². The van der Waals surface area contributed by atoms with Crippen molar-refractivity contribution in [1.29, 1.82) is 0 Å². The average Bonchev–Trinajstić information content (AvgIpc) is 1.88. The van der Waals surface area contributed by atoms with E-state index in [-0.39, 0.29) is 6.17 Å². The number of nitrogens with zero attached hydrogens (tertiary/aromatic N) is 1. The highest BCUT2D eigenvalue weighted by Gasteiger charge is 2.20. The van der Waals surface area contributed by atoms with Crippen LogP contribution in [0.3, 0.4) is 0 Å². The van der Waals surface area contributed by atoms with Gasteiger partial charge in [0.15, 0.2) is 0 Å². The monoisotopic (exact) mass is 144 g/mol. The molecule has 3 heteroatoms. The first-order valence-electron chi connectivity index (χ1n) is 3.81. The lowest BCUT2D eigenvalue weighted by atomic mass is 10.2. The van der Waals surface area contributed by atoms with Gasteiger partial charge < -0.3 is 10.5 Å². The number of morpholine rings is 1. The predicted molar refractivity (Wildman–Crippen MR) is 40.6 cm³/mol. The van der Waals surface area contributed by atoms with E-state index in [1.807, 2.05) is 6.92 Å². The second-order valence-electron chi connectivity index (χ2n) is 2.90. The van der Waals surface area contributed by atoms with Crippen LogP contribution in [0.4, 0.5) is 0 Å². The summed E-state index contributed by atoms with van der Waals surface area (Å²) in [5.41, 5.74) is 5.73. The van der Waals surface area contributed by atoms with Gasteiger partial charge in [0.2, 0.25) is 0 Å². The Balaban J connectivity index is 2.40. The van der Waals surface area contributed by atoms with Gasteiger partial charge in [0.05, 0.1) is 19.4 Å². The highest BCUT2D eigenvalue weighted by atomic mass is 16.5. The molecule has 0 spiro atoms. The minimum absolute atomic E-state index is 0.166. The highest BCUT2D eigenvalue weighted by molar-refractivity contribution is 4.72. The van der Waals surface area contributed by atoms with Crippen LogP contribution >= 0.6 is 0 Å². The summed E-state index contributed by atoms with van der Waals surface area (Å²) >= 11 is 0. The van der Waals surface area contributed by atoms with Crippen LogP contribution in [0.2, 0.25) is 0 Å². The fraction of sp³-hybridized carbons (Fsp3) is 1.00. The van der Waals surface area contributed by atoms with Gasteiger partial charge in [0, 0.05) is 12.6 Å². The van der Waals surface area contributed by atoms with Crippen molar-refractivity contribution in [3.8, 4) is 0 Å². The van der Waals surface area contributed by atoms with E-state index >= 15 is 0 Å². The van der Waals surface area contributed by atoms with Gasteiger partial charge in [-0.3, -0.25) is 4.90 Å². The van der Waals surface area contributed by atoms with Gasteiger partial charge in [-0.15, -0.1) is 0 Å². The van der Waals surface area contributed by atoms with Crippen molar-refractivity contribution in [3.05, 3.63) is 0 Å². The fourth-order valence-corrected chi connectivity index (χ4v) is 1.35.